The van der Waals surface area contributed by atoms with Gasteiger partial charge in [0.15, 0.2) is 0 Å². The zero-order valence-electron chi connectivity index (χ0n) is 20.5. The van der Waals surface area contributed by atoms with Crippen molar-refractivity contribution in [3.8, 4) is 0 Å². The van der Waals surface area contributed by atoms with Crippen LogP contribution in [0.5, 0.6) is 0 Å². The normalized spacial score (nSPS) is 22.4. The molecule has 0 bridgehead atoms. The van der Waals surface area contributed by atoms with E-state index >= 15 is 0 Å². The summed E-state index contributed by atoms with van der Waals surface area (Å²) < 4.78 is 55.5. The van der Waals surface area contributed by atoms with E-state index in [2.05, 4.69) is 0 Å². The maximum absolute atomic E-state index is 12.5. The molecule has 0 unspecified atom stereocenters. The Kier molecular flexibility index (Phi) is 11.6. The molecule has 3 aliphatic rings. The Balaban J connectivity index is 0.000000229. The quantitative estimate of drug-likeness (QED) is 0.235. The lowest BCUT2D eigenvalue weighted by molar-refractivity contribution is 0.453. The van der Waals surface area contributed by atoms with E-state index in [4.69, 9.17) is 0 Å². The van der Waals surface area contributed by atoms with Crippen LogP contribution in [0, 0.1) is 11.6 Å². The van der Waals surface area contributed by atoms with Gasteiger partial charge < -0.3 is 4.55 Å². The minimum absolute atomic E-state index is 0.338. The highest BCUT2D eigenvalue weighted by atomic mass is 32.2. The van der Waals surface area contributed by atoms with Gasteiger partial charge in [-0.3, -0.25) is 0 Å². The molecule has 3 fully saturated rings. The van der Waals surface area contributed by atoms with Crippen LogP contribution in [0.1, 0.15) is 116 Å². The van der Waals surface area contributed by atoms with Crippen LogP contribution in [0.15, 0.2) is 23.1 Å². The van der Waals surface area contributed by atoms with E-state index in [0.29, 0.717) is 18.2 Å². The van der Waals surface area contributed by atoms with Crippen LogP contribution >= 0.6 is 0 Å². The van der Waals surface area contributed by atoms with Gasteiger partial charge in [-0.25, -0.2) is 17.2 Å². The summed E-state index contributed by atoms with van der Waals surface area (Å²) in [6, 6.07) is 1.63. The summed E-state index contributed by atoms with van der Waals surface area (Å²) in [7, 11) is -4.06. The van der Waals surface area contributed by atoms with Gasteiger partial charge in [-0.2, -0.15) is 0 Å². The van der Waals surface area contributed by atoms with Gasteiger partial charge >= 0.3 is 0 Å². The predicted molar refractivity (Wildman–Crippen MR) is 136 cm³/mol. The van der Waals surface area contributed by atoms with Gasteiger partial charge in [0.1, 0.15) is 37.5 Å². The van der Waals surface area contributed by atoms with E-state index in [1.54, 1.807) is 77.0 Å². The molecule has 0 saturated heterocycles. The highest BCUT2D eigenvalue weighted by Crippen LogP contribution is 2.39. The number of halogens is 2. The summed E-state index contributed by atoms with van der Waals surface area (Å²) >= 11 is 0. The van der Waals surface area contributed by atoms with Crippen LogP contribution < -0.4 is 0 Å². The van der Waals surface area contributed by atoms with Crippen molar-refractivity contribution >= 4 is 21.0 Å². The van der Waals surface area contributed by atoms with Crippen molar-refractivity contribution in [1.82, 2.24) is 0 Å². The van der Waals surface area contributed by atoms with Gasteiger partial charge in [-0.15, -0.1) is 0 Å². The van der Waals surface area contributed by atoms with E-state index in [0.717, 1.165) is 26.6 Å². The van der Waals surface area contributed by atoms with Crippen molar-refractivity contribution in [2.45, 2.75) is 136 Å². The topological polar surface area (TPSA) is 57.2 Å². The molecule has 4 rings (SSSR count). The predicted octanol–water partition coefficient (Wildman–Crippen LogP) is 7.64. The molecule has 3 nitrogen and oxygen atoms in total. The number of benzene rings is 1. The summed E-state index contributed by atoms with van der Waals surface area (Å²) in [6.45, 7) is 0. The first-order valence-electron chi connectivity index (χ1n) is 13.5. The highest BCUT2D eigenvalue weighted by Gasteiger charge is 2.44. The fraction of sp³-hybridized carbons (Fsp3) is 0.778. The standard InChI is InChI=1S/C21H39S.C6H4F2O3S/c1-2-8-14-19(13-7-1)22(20-15-9-3-4-10-16-20)21-17-11-5-6-12-18-21;7-4-1-2-6(5(8)3-4)12(9,10)11/h19-21H,1-18H2;1-3H,(H,9,10,11)/q+1;/p-1. The Bertz CT molecular complexity index is 775. The van der Waals surface area contributed by atoms with Crippen LogP contribution in [0.25, 0.3) is 0 Å². The van der Waals surface area contributed by atoms with Crippen molar-refractivity contribution in [3.05, 3.63) is 29.8 Å². The third-order valence-corrected chi connectivity index (χ3v) is 12.3. The number of hydrogen-bond acceptors (Lipinski definition) is 3. The maximum Gasteiger partial charge on any atom is 0.143 e. The lowest BCUT2D eigenvalue weighted by atomic mass is 10.2. The zero-order valence-corrected chi connectivity index (χ0v) is 22.1. The molecule has 0 amide bonds. The molecule has 0 atom stereocenters. The largest absolute Gasteiger partial charge is 0.744 e. The maximum atomic E-state index is 12.5. The zero-order chi connectivity index (χ0) is 24.4. The molecular formula is C27H42F2O3S2. The Morgan fingerprint density at radius 1 is 0.647 bits per heavy atom. The molecule has 0 N–H and O–H groups in total. The number of hydrogen-bond donors (Lipinski definition) is 0. The van der Waals surface area contributed by atoms with Crippen LogP contribution in [-0.4, -0.2) is 28.7 Å². The minimum Gasteiger partial charge on any atom is -0.744 e. The molecule has 0 spiro atoms. The Morgan fingerprint density at radius 3 is 1.29 bits per heavy atom. The van der Waals surface area contributed by atoms with E-state index < -0.39 is 26.6 Å². The van der Waals surface area contributed by atoms with Gasteiger partial charge in [0.05, 0.1) is 4.90 Å². The van der Waals surface area contributed by atoms with Crippen molar-refractivity contribution < 1.29 is 21.8 Å². The monoisotopic (exact) mass is 516 g/mol. The van der Waals surface area contributed by atoms with Crippen LogP contribution in [0.4, 0.5) is 8.78 Å². The lowest BCUT2D eigenvalue weighted by Crippen LogP contribution is -2.40. The third kappa shape index (κ3) is 8.77. The van der Waals surface area contributed by atoms with Gasteiger partial charge in [0, 0.05) is 6.07 Å². The molecular weight excluding hydrogens is 474 g/mol. The van der Waals surface area contributed by atoms with Crippen LogP contribution in [-0.2, 0) is 21.0 Å². The molecule has 0 aliphatic heterocycles. The summed E-state index contributed by atoms with van der Waals surface area (Å²) in [4.78, 5) is -1.04. The average Bonchev–Trinajstić information content (AvgIpc) is 3.31. The first-order chi connectivity index (χ1) is 16.4. The van der Waals surface area contributed by atoms with Gasteiger partial charge in [0.2, 0.25) is 0 Å². The van der Waals surface area contributed by atoms with Crippen molar-refractivity contribution in [1.29, 1.82) is 0 Å². The van der Waals surface area contributed by atoms with E-state index in [1.807, 2.05) is 0 Å². The summed E-state index contributed by atoms with van der Waals surface area (Å²) in [5, 5.41) is 3.40. The molecule has 3 saturated carbocycles. The molecule has 34 heavy (non-hydrogen) atoms. The third-order valence-electron chi connectivity index (χ3n) is 7.72. The van der Waals surface area contributed by atoms with Crippen molar-refractivity contribution in [3.63, 3.8) is 0 Å². The van der Waals surface area contributed by atoms with E-state index in [9.17, 15) is 21.8 Å². The van der Waals surface area contributed by atoms with Crippen molar-refractivity contribution in [2.24, 2.45) is 0 Å². The second kappa shape index (κ2) is 14.2. The molecule has 0 heterocycles. The first-order valence-corrected chi connectivity index (χ1v) is 16.3. The SMILES string of the molecule is C1CCCC([S+](C2CCCCCC2)C2CCCCCC2)CC1.O=S(=O)([O-])c1ccc(F)cc1F. The van der Waals surface area contributed by atoms with Crippen LogP contribution in [0.2, 0.25) is 0 Å². The smallest absolute Gasteiger partial charge is 0.143 e. The Hall–Kier alpha value is -0.660. The van der Waals surface area contributed by atoms with Gasteiger partial charge in [-0.05, 0) is 100 Å². The second-order valence-electron chi connectivity index (χ2n) is 10.3. The van der Waals surface area contributed by atoms with Gasteiger partial charge in [0.25, 0.3) is 0 Å². The van der Waals surface area contributed by atoms with Gasteiger partial charge in [-0.1, -0.05) is 38.5 Å². The second-order valence-corrected chi connectivity index (χ2v) is 14.4. The number of rotatable bonds is 4. The minimum atomic E-state index is -4.84. The molecule has 0 radical (unpaired) electrons. The van der Waals surface area contributed by atoms with E-state index in [-0.39, 0.29) is 0 Å². The first kappa shape index (κ1) is 27.9. The fourth-order valence-electron chi connectivity index (χ4n) is 6.04. The lowest BCUT2D eigenvalue weighted by Gasteiger charge is -2.30. The van der Waals surface area contributed by atoms with Crippen LogP contribution in [0.3, 0.4) is 0 Å². The molecule has 7 heteroatoms. The highest BCUT2D eigenvalue weighted by molar-refractivity contribution is 7.98. The van der Waals surface area contributed by atoms with Crippen molar-refractivity contribution in [2.75, 3.05) is 0 Å². The molecule has 1 aromatic rings. The molecule has 1 aromatic carbocycles. The summed E-state index contributed by atoms with van der Waals surface area (Å²) in [5.74, 6) is -2.30. The average molecular weight is 517 g/mol. The fourth-order valence-corrected chi connectivity index (χ4v) is 10.8. The molecule has 3 aliphatic carbocycles. The molecule has 0 aromatic heterocycles. The molecule has 194 valence electrons. The van der Waals surface area contributed by atoms with E-state index in [1.165, 1.54) is 38.5 Å². The summed E-state index contributed by atoms with van der Waals surface area (Å²) in [6.07, 6.45) is 28.0. The Morgan fingerprint density at radius 2 is 1.00 bits per heavy atom. The Labute approximate surface area is 208 Å². The summed E-state index contributed by atoms with van der Waals surface area (Å²) in [5.41, 5.74) is 0.